The second kappa shape index (κ2) is 5.90. The van der Waals surface area contributed by atoms with Gasteiger partial charge < -0.3 is 15.6 Å². The fraction of sp³-hybridized carbons (Fsp3) is 0.800. The van der Waals surface area contributed by atoms with E-state index in [1.165, 1.54) is 0 Å². The Morgan fingerprint density at radius 1 is 1.45 bits per heavy atom. The molecule has 1 heterocycles. The summed E-state index contributed by atoms with van der Waals surface area (Å²) in [5.41, 5.74) is 4.03. The van der Waals surface area contributed by atoms with Crippen LogP contribution >= 0.6 is 0 Å². The summed E-state index contributed by atoms with van der Waals surface area (Å²) in [5.74, 6) is 5.39. The van der Waals surface area contributed by atoms with Crippen molar-refractivity contribution in [2.75, 3.05) is 26.3 Å². The van der Waals surface area contributed by atoms with Gasteiger partial charge in [-0.3, -0.25) is 5.84 Å². The summed E-state index contributed by atoms with van der Waals surface area (Å²) < 4.78 is 5.02. The molecule has 6 heteroatoms. The van der Waals surface area contributed by atoms with E-state index in [9.17, 15) is 0 Å². The molecule has 1 rings (SSSR count). The van der Waals surface area contributed by atoms with Crippen LogP contribution in [-0.4, -0.2) is 42.5 Å². The predicted octanol–water partition coefficient (Wildman–Crippen LogP) is -1.18. The zero-order valence-corrected chi connectivity index (χ0v) is 6.19. The lowest BCUT2D eigenvalue weighted by Crippen LogP contribution is -2.41. The fourth-order valence-electron chi connectivity index (χ4n) is 0.577. The SMILES string of the molecule is NC(=O)O.NN1CCOCC1. The number of carbonyl (C=O) groups is 1. The smallest absolute Gasteiger partial charge is 0.402 e. The standard InChI is InChI=1S/C4H10N2O.CH3NO2/c5-6-1-3-7-4-2-6;2-1(3)4/h1-5H2;2H2,(H,3,4). The Labute approximate surface area is 64.7 Å². The van der Waals surface area contributed by atoms with Crippen LogP contribution in [0, 0.1) is 0 Å². The molecule has 0 bridgehead atoms. The van der Waals surface area contributed by atoms with Crippen LogP contribution in [0.2, 0.25) is 0 Å². The monoisotopic (exact) mass is 163 g/mol. The Hall–Kier alpha value is -0.850. The first-order valence-corrected chi connectivity index (χ1v) is 3.18. The molecule has 1 amide bonds. The molecule has 0 saturated carbocycles. The molecule has 1 aliphatic heterocycles. The highest BCUT2D eigenvalue weighted by Crippen LogP contribution is 1.86. The van der Waals surface area contributed by atoms with E-state index in [0.29, 0.717) is 0 Å². The third kappa shape index (κ3) is 9.15. The maximum Gasteiger partial charge on any atom is 0.402 e. The molecular formula is C5H13N3O3. The van der Waals surface area contributed by atoms with E-state index in [1.807, 2.05) is 0 Å². The van der Waals surface area contributed by atoms with Crippen LogP contribution in [0.25, 0.3) is 0 Å². The minimum Gasteiger partial charge on any atom is -0.465 e. The van der Waals surface area contributed by atoms with E-state index in [0.717, 1.165) is 26.3 Å². The molecule has 0 aromatic rings. The van der Waals surface area contributed by atoms with Crippen LogP contribution in [0.4, 0.5) is 4.79 Å². The molecule has 0 radical (unpaired) electrons. The molecule has 0 aromatic heterocycles. The molecule has 0 unspecified atom stereocenters. The molecule has 0 atom stereocenters. The van der Waals surface area contributed by atoms with Crippen molar-refractivity contribution in [2.24, 2.45) is 11.6 Å². The fourth-order valence-corrected chi connectivity index (χ4v) is 0.577. The predicted molar refractivity (Wildman–Crippen MR) is 38.8 cm³/mol. The molecule has 66 valence electrons. The lowest BCUT2D eigenvalue weighted by Gasteiger charge is -2.20. The number of morpholine rings is 1. The zero-order valence-electron chi connectivity index (χ0n) is 6.19. The largest absolute Gasteiger partial charge is 0.465 e. The van der Waals surface area contributed by atoms with Crippen LogP contribution in [0.15, 0.2) is 0 Å². The number of carboxylic acid groups (broad SMARTS) is 1. The van der Waals surface area contributed by atoms with Crippen molar-refractivity contribution in [3.63, 3.8) is 0 Å². The van der Waals surface area contributed by atoms with Crippen molar-refractivity contribution >= 4 is 6.09 Å². The highest BCUT2D eigenvalue weighted by molar-refractivity contribution is 5.61. The summed E-state index contributed by atoms with van der Waals surface area (Å²) in [4.78, 5) is 8.78. The Morgan fingerprint density at radius 2 is 1.82 bits per heavy atom. The Balaban J connectivity index is 0.000000218. The first kappa shape index (κ1) is 10.2. The van der Waals surface area contributed by atoms with Crippen molar-refractivity contribution < 1.29 is 14.6 Å². The van der Waals surface area contributed by atoms with Gasteiger partial charge in [0.25, 0.3) is 0 Å². The van der Waals surface area contributed by atoms with Crippen molar-refractivity contribution in [3.05, 3.63) is 0 Å². The highest BCUT2D eigenvalue weighted by Gasteiger charge is 2.02. The molecule has 6 nitrogen and oxygen atoms in total. The van der Waals surface area contributed by atoms with E-state index >= 15 is 0 Å². The number of nitrogens with zero attached hydrogens (tertiary/aromatic N) is 1. The van der Waals surface area contributed by atoms with Gasteiger partial charge >= 0.3 is 6.09 Å². The number of hydrogen-bond acceptors (Lipinski definition) is 4. The van der Waals surface area contributed by atoms with E-state index in [-0.39, 0.29) is 0 Å². The second-order valence-corrected chi connectivity index (χ2v) is 1.99. The Kier molecular flexibility index (Phi) is 5.44. The summed E-state index contributed by atoms with van der Waals surface area (Å²) >= 11 is 0. The van der Waals surface area contributed by atoms with Gasteiger partial charge in [0.05, 0.1) is 13.2 Å². The zero-order chi connectivity index (χ0) is 8.69. The summed E-state index contributed by atoms with van der Waals surface area (Å²) in [5, 5.41) is 8.96. The molecule has 1 fully saturated rings. The van der Waals surface area contributed by atoms with Gasteiger partial charge in [0.15, 0.2) is 0 Å². The highest BCUT2D eigenvalue weighted by atomic mass is 16.5. The number of hydrazine groups is 1. The maximum absolute atomic E-state index is 8.78. The lowest BCUT2D eigenvalue weighted by atomic mass is 10.5. The third-order valence-electron chi connectivity index (χ3n) is 1.05. The molecule has 0 spiro atoms. The summed E-state index contributed by atoms with van der Waals surface area (Å²) in [6, 6.07) is 0. The Bertz CT molecular complexity index is 110. The van der Waals surface area contributed by atoms with Gasteiger partial charge in [0, 0.05) is 13.1 Å². The lowest BCUT2D eigenvalue weighted by molar-refractivity contribution is 0.0378. The van der Waals surface area contributed by atoms with Crippen LogP contribution in [0.3, 0.4) is 0 Å². The quantitative estimate of drug-likeness (QED) is 0.390. The average Bonchev–Trinajstić information content (AvgIpc) is 1.87. The van der Waals surface area contributed by atoms with E-state index in [4.69, 9.17) is 20.5 Å². The van der Waals surface area contributed by atoms with Crippen molar-refractivity contribution in [1.82, 2.24) is 5.01 Å². The number of primary amides is 1. The first-order valence-electron chi connectivity index (χ1n) is 3.18. The van der Waals surface area contributed by atoms with Crippen LogP contribution in [0.5, 0.6) is 0 Å². The van der Waals surface area contributed by atoms with Crippen LogP contribution in [-0.2, 0) is 4.74 Å². The van der Waals surface area contributed by atoms with Gasteiger partial charge in [0.2, 0.25) is 0 Å². The van der Waals surface area contributed by atoms with Gasteiger partial charge in [-0.05, 0) is 0 Å². The minimum absolute atomic E-state index is 0.788. The topological polar surface area (TPSA) is 102 Å². The average molecular weight is 163 g/mol. The first-order chi connectivity index (χ1) is 5.13. The maximum atomic E-state index is 8.78. The number of amides is 1. The molecule has 11 heavy (non-hydrogen) atoms. The van der Waals surface area contributed by atoms with Gasteiger partial charge in [-0.2, -0.15) is 0 Å². The van der Waals surface area contributed by atoms with Crippen molar-refractivity contribution in [1.29, 1.82) is 0 Å². The summed E-state index contributed by atoms with van der Waals surface area (Å²) in [7, 11) is 0. The summed E-state index contributed by atoms with van der Waals surface area (Å²) in [6.07, 6.45) is -1.33. The van der Waals surface area contributed by atoms with Crippen LogP contribution < -0.4 is 11.6 Å². The van der Waals surface area contributed by atoms with Crippen molar-refractivity contribution in [3.8, 4) is 0 Å². The number of nitrogens with two attached hydrogens (primary N) is 2. The molecule has 5 N–H and O–H groups in total. The number of hydrogen-bond donors (Lipinski definition) is 3. The normalized spacial score (nSPS) is 18.3. The van der Waals surface area contributed by atoms with Gasteiger partial charge in [-0.25, -0.2) is 9.80 Å². The minimum atomic E-state index is -1.33. The van der Waals surface area contributed by atoms with E-state index in [1.54, 1.807) is 5.01 Å². The molecule has 1 aliphatic rings. The van der Waals surface area contributed by atoms with E-state index < -0.39 is 6.09 Å². The molecule has 0 aliphatic carbocycles. The summed E-state index contributed by atoms with van der Waals surface area (Å²) in [6.45, 7) is 3.33. The third-order valence-corrected chi connectivity index (χ3v) is 1.05. The van der Waals surface area contributed by atoms with Crippen molar-refractivity contribution in [2.45, 2.75) is 0 Å². The number of rotatable bonds is 0. The van der Waals surface area contributed by atoms with Gasteiger partial charge in [-0.15, -0.1) is 0 Å². The molecule has 1 saturated heterocycles. The number of ether oxygens (including phenoxy) is 1. The molecular weight excluding hydrogens is 150 g/mol. The van der Waals surface area contributed by atoms with E-state index in [2.05, 4.69) is 5.73 Å². The molecule has 0 aromatic carbocycles. The van der Waals surface area contributed by atoms with Gasteiger partial charge in [0.1, 0.15) is 0 Å². The second-order valence-electron chi connectivity index (χ2n) is 1.99. The Morgan fingerprint density at radius 3 is 2.00 bits per heavy atom. The van der Waals surface area contributed by atoms with Gasteiger partial charge in [-0.1, -0.05) is 0 Å². The van der Waals surface area contributed by atoms with Crippen LogP contribution in [0.1, 0.15) is 0 Å².